The Hall–Kier alpha value is -3.52. The number of carboxylic acids is 1. The maximum atomic E-state index is 12.3. The Balaban J connectivity index is 1.68. The van der Waals surface area contributed by atoms with Gasteiger partial charge in [-0.1, -0.05) is 37.3 Å². The SMILES string of the molecule is CC(C)c1cc(C(=O)C=CC(=O)O)ccc1OCC(=O)Nc1nc2ccccc2s1. The van der Waals surface area contributed by atoms with Gasteiger partial charge >= 0.3 is 5.97 Å². The van der Waals surface area contributed by atoms with E-state index in [1.807, 2.05) is 38.1 Å². The van der Waals surface area contributed by atoms with Gasteiger partial charge in [0.25, 0.3) is 5.91 Å². The van der Waals surface area contributed by atoms with E-state index in [1.165, 1.54) is 11.3 Å². The van der Waals surface area contributed by atoms with Crippen molar-refractivity contribution in [2.75, 3.05) is 11.9 Å². The summed E-state index contributed by atoms with van der Waals surface area (Å²) in [4.78, 5) is 39.4. The maximum Gasteiger partial charge on any atom is 0.328 e. The van der Waals surface area contributed by atoms with E-state index < -0.39 is 11.8 Å². The minimum absolute atomic E-state index is 0.0310. The van der Waals surface area contributed by atoms with Gasteiger partial charge in [-0.15, -0.1) is 0 Å². The number of benzene rings is 2. The highest BCUT2D eigenvalue weighted by atomic mass is 32.1. The second kappa shape index (κ2) is 9.32. The summed E-state index contributed by atoms with van der Waals surface area (Å²) in [5.74, 6) is -1.42. The zero-order valence-electron chi connectivity index (χ0n) is 16.4. The van der Waals surface area contributed by atoms with Crippen molar-refractivity contribution >= 4 is 44.3 Å². The van der Waals surface area contributed by atoms with Crippen molar-refractivity contribution in [2.45, 2.75) is 19.8 Å². The third-order valence-electron chi connectivity index (χ3n) is 4.19. The largest absolute Gasteiger partial charge is 0.483 e. The summed E-state index contributed by atoms with van der Waals surface area (Å²) < 4.78 is 6.66. The van der Waals surface area contributed by atoms with Gasteiger partial charge in [0, 0.05) is 11.6 Å². The van der Waals surface area contributed by atoms with Crippen LogP contribution in [0, 0.1) is 0 Å². The predicted octanol–water partition coefficient (Wildman–Crippen LogP) is 4.26. The number of hydrogen-bond acceptors (Lipinski definition) is 6. The Morgan fingerprint density at radius 2 is 1.93 bits per heavy atom. The quantitative estimate of drug-likeness (QED) is 0.413. The average Bonchev–Trinajstić information content (AvgIpc) is 3.12. The van der Waals surface area contributed by atoms with Gasteiger partial charge in [0.15, 0.2) is 17.5 Å². The number of nitrogens with zero attached hydrogens (tertiary/aromatic N) is 1. The number of nitrogens with one attached hydrogen (secondary N) is 1. The van der Waals surface area contributed by atoms with Crippen molar-refractivity contribution in [1.29, 1.82) is 0 Å². The third-order valence-corrected chi connectivity index (χ3v) is 5.14. The molecule has 0 spiro atoms. The van der Waals surface area contributed by atoms with E-state index in [-0.39, 0.29) is 18.4 Å². The molecule has 0 unspecified atom stereocenters. The molecule has 0 fully saturated rings. The van der Waals surface area contributed by atoms with E-state index in [0.29, 0.717) is 16.4 Å². The molecule has 0 aliphatic heterocycles. The van der Waals surface area contributed by atoms with Crippen molar-refractivity contribution < 1.29 is 24.2 Å². The fourth-order valence-electron chi connectivity index (χ4n) is 2.75. The number of aromatic nitrogens is 1. The number of hydrogen-bond donors (Lipinski definition) is 2. The summed E-state index contributed by atoms with van der Waals surface area (Å²) in [6, 6.07) is 12.4. The lowest BCUT2D eigenvalue weighted by molar-refractivity contribution is -0.131. The molecule has 3 aromatic rings. The van der Waals surface area contributed by atoms with Crippen LogP contribution < -0.4 is 10.1 Å². The van der Waals surface area contributed by atoms with E-state index in [1.54, 1.807) is 18.2 Å². The Bertz CT molecular complexity index is 1100. The highest BCUT2D eigenvalue weighted by molar-refractivity contribution is 7.22. The standard InChI is InChI=1S/C22H20N2O5S/c1-13(2)15-11-14(17(25)8-10-21(27)28)7-9-18(15)29-12-20(26)24-22-23-16-5-3-4-6-19(16)30-22/h3-11,13H,12H2,1-2H3,(H,27,28)(H,23,24,26). The third kappa shape index (κ3) is 5.30. The molecule has 3 rings (SSSR count). The summed E-state index contributed by atoms with van der Waals surface area (Å²) in [7, 11) is 0. The van der Waals surface area contributed by atoms with Crippen molar-refractivity contribution in [3.05, 3.63) is 65.7 Å². The molecule has 30 heavy (non-hydrogen) atoms. The van der Waals surface area contributed by atoms with Gasteiger partial charge in [-0.3, -0.25) is 14.9 Å². The minimum Gasteiger partial charge on any atom is -0.483 e. The molecule has 1 heterocycles. The molecular weight excluding hydrogens is 404 g/mol. The lowest BCUT2D eigenvalue weighted by Crippen LogP contribution is -2.20. The van der Waals surface area contributed by atoms with E-state index >= 15 is 0 Å². The van der Waals surface area contributed by atoms with Gasteiger partial charge in [0.05, 0.1) is 10.2 Å². The number of allylic oxidation sites excluding steroid dienone is 1. The van der Waals surface area contributed by atoms with E-state index in [9.17, 15) is 14.4 Å². The first-order valence-corrected chi connectivity index (χ1v) is 10.0. The second-order valence-electron chi connectivity index (χ2n) is 6.77. The summed E-state index contributed by atoms with van der Waals surface area (Å²) in [5.41, 5.74) is 1.91. The molecule has 0 atom stereocenters. The summed E-state index contributed by atoms with van der Waals surface area (Å²) in [5, 5.41) is 11.9. The van der Waals surface area contributed by atoms with Crippen LogP contribution in [0.25, 0.3) is 10.2 Å². The van der Waals surface area contributed by atoms with Crippen LogP contribution in [0.5, 0.6) is 5.75 Å². The molecule has 2 N–H and O–H groups in total. The van der Waals surface area contributed by atoms with E-state index in [4.69, 9.17) is 9.84 Å². The topological polar surface area (TPSA) is 106 Å². The number of fused-ring (bicyclic) bond motifs is 1. The number of aliphatic carboxylic acids is 1. The van der Waals surface area contributed by atoms with Crippen LogP contribution in [0.4, 0.5) is 5.13 Å². The molecule has 1 aromatic heterocycles. The molecule has 0 radical (unpaired) electrons. The molecule has 154 valence electrons. The maximum absolute atomic E-state index is 12.3. The van der Waals surface area contributed by atoms with Crippen molar-refractivity contribution in [3.8, 4) is 5.75 Å². The zero-order valence-corrected chi connectivity index (χ0v) is 17.2. The highest BCUT2D eigenvalue weighted by Gasteiger charge is 2.14. The Labute approximate surface area is 177 Å². The molecule has 0 saturated carbocycles. The molecule has 1 amide bonds. The molecule has 0 aliphatic carbocycles. The van der Waals surface area contributed by atoms with Crippen molar-refractivity contribution in [1.82, 2.24) is 4.98 Å². The van der Waals surface area contributed by atoms with Gasteiger partial charge in [0.2, 0.25) is 0 Å². The number of carbonyl (C=O) groups excluding carboxylic acids is 2. The smallest absolute Gasteiger partial charge is 0.328 e. The van der Waals surface area contributed by atoms with Gasteiger partial charge in [0.1, 0.15) is 5.75 Å². The van der Waals surface area contributed by atoms with Gasteiger partial charge in [-0.25, -0.2) is 9.78 Å². The first kappa shape index (κ1) is 21.2. The van der Waals surface area contributed by atoms with Gasteiger partial charge < -0.3 is 9.84 Å². The van der Waals surface area contributed by atoms with Gasteiger partial charge in [-0.05, 0) is 47.9 Å². The Morgan fingerprint density at radius 3 is 2.63 bits per heavy atom. The fraction of sp³-hybridized carbons (Fsp3) is 0.182. The summed E-state index contributed by atoms with van der Waals surface area (Å²) >= 11 is 1.38. The number of ether oxygens (including phenoxy) is 1. The number of rotatable bonds is 8. The summed E-state index contributed by atoms with van der Waals surface area (Å²) in [6.07, 6.45) is 1.81. The first-order valence-electron chi connectivity index (χ1n) is 9.21. The lowest BCUT2D eigenvalue weighted by atomic mass is 9.98. The number of anilines is 1. The number of ketones is 1. The van der Waals surface area contributed by atoms with E-state index in [2.05, 4.69) is 10.3 Å². The van der Waals surface area contributed by atoms with E-state index in [0.717, 1.165) is 27.9 Å². The molecule has 0 bridgehead atoms. The molecule has 0 aliphatic rings. The fourth-order valence-corrected chi connectivity index (χ4v) is 3.63. The zero-order chi connectivity index (χ0) is 21.7. The molecule has 2 aromatic carbocycles. The average molecular weight is 424 g/mol. The molecule has 8 heteroatoms. The normalized spacial score (nSPS) is 11.2. The van der Waals surface area contributed by atoms with Crippen LogP contribution in [-0.4, -0.2) is 34.4 Å². The number of carbonyl (C=O) groups is 3. The Morgan fingerprint density at radius 1 is 1.17 bits per heavy atom. The van der Waals surface area contributed by atoms with Crippen LogP contribution in [0.2, 0.25) is 0 Å². The van der Waals surface area contributed by atoms with Crippen LogP contribution in [0.1, 0.15) is 35.7 Å². The van der Waals surface area contributed by atoms with Crippen LogP contribution >= 0.6 is 11.3 Å². The molecule has 0 saturated heterocycles. The predicted molar refractivity (Wildman–Crippen MR) is 115 cm³/mol. The molecule has 7 nitrogen and oxygen atoms in total. The summed E-state index contributed by atoms with van der Waals surface area (Å²) in [6.45, 7) is 3.66. The number of amides is 1. The van der Waals surface area contributed by atoms with Crippen molar-refractivity contribution in [3.63, 3.8) is 0 Å². The van der Waals surface area contributed by atoms with Crippen LogP contribution in [-0.2, 0) is 9.59 Å². The number of carboxylic acid groups (broad SMARTS) is 1. The second-order valence-corrected chi connectivity index (χ2v) is 7.80. The first-order chi connectivity index (χ1) is 14.3. The van der Waals surface area contributed by atoms with Gasteiger partial charge in [-0.2, -0.15) is 0 Å². The number of para-hydroxylation sites is 1. The lowest BCUT2D eigenvalue weighted by Gasteiger charge is -2.15. The highest BCUT2D eigenvalue weighted by Crippen LogP contribution is 2.28. The van der Waals surface area contributed by atoms with Crippen LogP contribution in [0.3, 0.4) is 0 Å². The minimum atomic E-state index is -1.19. The number of thiazole rings is 1. The van der Waals surface area contributed by atoms with Crippen molar-refractivity contribution in [2.24, 2.45) is 0 Å². The monoisotopic (exact) mass is 424 g/mol. The molecular formula is C22H20N2O5S. The van der Waals surface area contributed by atoms with Crippen LogP contribution in [0.15, 0.2) is 54.6 Å². The Kier molecular flexibility index (Phi) is 6.58.